The lowest BCUT2D eigenvalue weighted by atomic mass is 10.1. The summed E-state index contributed by atoms with van der Waals surface area (Å²) in [7, 11) is 0. The number of hydrogen-bond donors (Lipinski definition) is 2. The molecule has 28 heavy (non-hydrogen) atoms. The monoisotopic (exact) mass is 435 g/mol. The number of rotatable bonds is 7. The molecule has 0 heterocycles. The van der Waals surface area contributed by atoms with Crippen LogP contribution in [-0.4, -0.2) is 12.5 Å². The molecule has 0 aliphatic heterocycles. The second kappa shape index (κ2) is 9.58. The third kappa shape index (κ3) is 5.86. The van der Waals surface area contributed by atoms with Crippen LogP contribution in [0, 0.1) is 11.3 Å². The number of nitrogens with zero attached hydrogens (tertiary/aromatic N) is 1. The molecule has 3 rings (SSSR count). The lowest BCUT2D eigenvalue weighted by molar-refractivity contribution is -0.114. The van der Waals surface area contributed by atoms with Crippen LogP contribution in [0.3, 0.4) is 0 Å². The summed E-state index contributed by atoms with van der Waals surface area (Å²) in [4.78, 5) is 12.1. The first kappa shape index (κ1) is 19.5. The number of benzene rings is 3. The van der Waals surface area contributed by atoms with E-state index >= 15 is 0 Å². The third-order valence-electron chi connectivity index (χ3n) is 3.88. The van der Waals surface area contributed by atoms with E-state index in [1.165, 1.54) is 0 Å². The quantitative estimate of drug-likeness (QED) is 0.550. The van der Waals surface area contributed by atoms with Gasteiger partial charge in [-0.15, -0.1) is 0 Å². The smallest absolute Gasteiger partial charge is 0.243 e. The topological polar surface area (TPSA) is 74.1 Å². The van der Waals surface area contributed by atoms with Crippen LogP contribution in [-0.2, 0) is 11.4 Å². The molecule has 5 nitrogen and oxygen atoms in total. The maximum absolute atomic E-state index is 12.1. The summed E-state index contributed by atoms with van der Waals surface area (Å²) in [6, 6.07) is 24.2. The summed E-state index contributed by atoms with van der Waals surface area (Å²) >= 11 is 3.36. The average Bonchev–Trinajstić information content (AvgIpc) is 2.73. The number of amides is 1. The van der Waals surface area contributed by atoms with Crippen molar-refractivity contribution in [2.24, 2.45) is 0 Å². The maximum atomic E-state index is 12.1. The van der Waals surface area contributed by atoms with Gasteiger partial charge in [0, 0.05) is 21.9 Å². The zero-order chi connectivity index (χ0) is 19.8. The maximum Gasteiger partial charge on any atom is 0.243 e. The van der Waals surface area contributed by atoms with Crippen molar-refractivity contribution in [3.05, 3.63) is 88.4 Å². The van der Waals surface area contributed by atoms with Crippen molar-refractivity contribution in [3.8, 4) is 11.8 Å². The fourth-order valence-electron chi connectivity index (χ4n) is 2.51. The van der Waals surface area contributed by atoms with Gasteiger partial charge in [-0.2, -0.15) is 5.26 Å². The van der Waals surface area contributed by atoms with Crippen LogP contribution in [0.4, 0.5) is 11.4 Å². The SMILES string of the molecule is N#Cc1cccc(COc2cccc(NCC(=O)Nc3ccc(Br)cc3)c2)c1. The Hall–Kier alpha value is -3.30. The molecule has 0 saturated carbocycles. The number of halogens is 1. The highest BCUT2D eigenvalue weighted by Gasteiger charge is 2.04. The van der Waals surface area contributed by atoms with Gasteiger partial charge in [0.15, 0.2) is 0 Å². The molecular formula is C22H18BrN3O2. The summed E-state index contributed by atoms with van der Waals surface area (Å²) < 4.78 is 6.75. The number of anilines is 2. The van der Waals surface area contributed by atoms with E-state index in [-0.39, 0.29) is 12.5 Å². The Kier molecular flexibility index (Phi) is 6.66. The number of nitrogens with one attached hydrogen (secondary N) is 2. The van der Waals surface area contributed by atoms with Gasteiger partial charge < -0.3 is 15.4 Å². The van der Waals surface area contributed by atoms with Crippen molar-refractivity contribution in [1.82, 2.24) is 0 Å². The first-order valence-electron chi connectivity index (χ1n) is 8.63. The number of ether oxygens (including phenoxy) is 1. The third-order valence-corrected chi connectivity index (χ3v) is 4.41. The molecule has 1 amide bonds. The van der Waals surface area contributed by atoms with Crippen molar-refractivity contribution < 1.29 is 9.53 Å². The van der Waals surface area contributed by atoms with E-state index in [0.29, 0.717) is 17.9 Å². The molecule has 0 atom stereocenters. The predicted molar refractivity (Wildman–Crippen MR) is 113 cm³/mol. The second-order valence-corrected chi connectivity index (χ2v) is 6.95. The van der Waals surface area contributed by atoms with E-state index in [9.17, 15) is 4.79 Å². The van der Waals surface area contributed by atoms with Crippen molar-refractivity contribution in [3.63, 3.8) is 0 Å². The average molecular weight is 436 g/mol. The molecule has 6 heteroatoms. The van der Waals surface area contributed by atoms with Gasteiger partial charge in [0.2, 0.25) is 5.91 Å². The Morgan fingerprint density at radius 1 is 1.00 bits per heavy atom. The fraction of sp³-hybridized carbons (Fsp3) is 0.0909. The molecule has 3 aromatic carbocycles. The van der Waals surface area contributed by atoms with E-state index < -0.39 is 0 Å². The highest BCUT2D eigenvalue weighted by molar-refractivity contribution is 9.10. The largest absolute Gasteiger partial charge is 0.489 e. The number of carbonyl (C=O) groups is 1. The fourth-order valence-corrected chi connectivity index (χ4v) is 2.78. The zero-order valence-electron chi connectivity index (χ0n) is 15.0. The predicted octanol–water partition coefficient (Wildman–Crippen LogP) is 4.95. The van der Waals surface area contributed by atoms with Crippen molar-refractivity contribution in [2.75, 3.05) is 17.2 Å². The first-order valence-corrected chi connectivity index (χ1v) is 9.43. The Morgan fingerprint density at radius 3 is 2.57 bits per heavy atom. The van der Waals surface area contributed by atoms with E-state index in [2.05, 4.69) is 32.6 Å². The van der Waals surface area contributed by atoms with Crippen molar-refractivity contribution in [1.29, 1.82) is 5.26 Å². The Labute approximate surface area is 172 Å². The molecule has 0 aromatic heterocycles. The summed E-state index contributed by atoms with van der Waals surface area (Å²) in [6.07, 6.45) is 0. The van der Waals surface area contributed by atoms with Crippen molar-refractivity contribution >= 4 is 33.2 Å². The molecule has 0 bridgehead atoms. The van der Waals surface area contributed by atoms with Gasteiger partial charge in [-0.05, 0) is 54.1 Å². The van der Waals surface area contributed by atoms with Crippen LogP contribution >= 0.6 is 15.9 Å². The van der Waals surface area contributed by atoms with E-state index in [4.69, 9.17) is 10.00 Å². The number of carbonyl (C=O) groups excluding carboxylic acids is 1. The molecule has 0 fully saturated rings. The minimum Gasteiger partial charge on any atom is -0.489 e. The molecule has 140 valence electrons. The Morgan fingerprint density at radius 2 is 1.79 bits per heavy atom. The molecule has 3 aromatic rings. The molecule has 0 saturated heterocycles. The molecule has 0 radical (unpaired) electrons. The normalized spacial score (nSPS) is 10.0. The van der Waals surface area contributed by atoms with E-state index in [1.807, 2.05) is 60.7 Å². The minimum atomic E-state index is -0.137. The summed E-state index contributed by atoms with van der Waals surface area (Å²) in [5.74, 6) is 0.544. The van der Waals surface area contributed by atoms with Crippen LogP contribution in [0.2, 0.25) is 0 Å². The molecule has 0 aliphatic rings. The lowest BCUT2D eigenvalue weighted by Gasteiger charge is -2.11. The van der Waals surface area contributed by atoms with Gasteiger partial charge >= 0.3 is 0 Å². The number of nitriles is 1. The summed E-state index contributed by atoms with van der Waals surface area (Å²) in [6.45, 7) is 0.507. The zero-order valence-corrected chi connectivity index (χ0v) is 16.6. The van der Waals surface area contributed by atoms with Crippen LogP contribution in [0.15, 0.2) is 77.3 Å². The van der Waals surface area contributed by atoms with E-state index in [1.54, 1.807) is 12.1 Å². The minimum absolute atomic E-state index is 0.137. The number of hydrogen-bond acceptors (Lipinski definition) is 4. The highest BCUT2D eigenvalue weighted by Crippen LogP contribution is 2.19. The first-order chi connectivity index (χ1) is 13.6. The van der Waals surface area contributed by atoms with Crippen LogP contribution < -0.4 is 15.4 Å². The van der Waals surface area contributed by atoms with Crippen LogP contribution in [0.1, 0.15) is 11.1 Å². The lowest BCUT2D eigenvalue weighted by Crippen LogP contribution is -2.21. The Bertz CT molecular complexity index is 997. The van der Waals surface area contributed by atoms with Crippen LogP contribution in [0.5, 0.6) is 5.75 Å². The molecular weight excluding hydrogens is 418 g/mol. The highest BCUT2D eigenvalue weighted by atomic mass is 79.9. The summed E-state index contributed by atoms with van der Waals surface area (Å²) in [5, 5.41) is 14.9. The van der Waals surface area contributed by atoms with Gasteiger partial charge in [-0.3, -0.25) is 4.79 Å². The van der Waals surface area contributed by atoms with Gasteiger partial charge in [0.25, 0.3) is 0 Å². The Balaban J connectivity index is 1.52. The molecule has 0 spiro atoms. The molecule has 2 N–H and O–H groups in total. The van der Waals surface area contributed by atoms with Gasteiger partial charge in [-0.25, -0.2) is 0 Å². The summed E-state index contributed by atoms with van der Waals surface area (Å²) in [5.41, 5.74) is 3.06. The molecule has 0 aliphatic carbocycles. The van der Waals surface area contributed by atoms with Gasteiger partial charge in [0.1, 0.15) is 12.4 Å². The molecule has 0 unspecified atom stereocenters. The standard InChI is InChI=1S/C22H18BrN3O2/c23-18-7-9-19(10-8-18)26-22(27)14-25-20-5-2-6-21(12-20)28-15-17-4-1-3-16(11-17)13-24/h1-12,25H,14-15H2,(H,26,27). The second-order valence-electron chi connectivity index (χ2n) is 6.04. The van der Waals surface area contributed by atoms with Crippen LogP contribution in [0.25, 0.3) is 0 Å². The van der Waals surface area contributed by atoms with Gasteiger partial charge in [-0.1, -0.05) is 34.1 Å². The van der Waals surface area contributed by atoms with Gasteiger partial charge in [0.05, 0.1) is 18.2 Å². The van der Waals surface area contributed by atoms with E-state index in [0.717, 1.165) is 21.4 Å². The van der Waals surface area contributed by atoms with Crippen molar-refractivity contribution in [2.45, 2.75) is 6.61 Å².